The molecule has 4 nitrogen and oxygen atoms in total. The number of carbonyl (C=O) groups excluding carboxylic acids is 1. The standard InChI is InChI=1S/C14H26N2O2.ClH/c17-13-6-2-1-4-11(13)10-16-14(18)8-7-12-5-3-9-15-12;/h11-13,15,17H,1-10H2,(H,16,18);1H. The number of hydrogen-bond acceptors (Lipinski definition) is 3. The first kappa shape index (κ1) is 16.7. The topological polar surface area (TPSA) is 61.4 Å². The maximum absolute atomic E-state index is 11.7. The number of carbonyl (C=O) groups is 1. The molecule has 1 saturated heterocycles. The maximum atomic E-state index is 11.7. The second kappa shape index (κ2) is 8.77. The molecule has 0 spiro atoms. The van der Waals surface area contributed by atoms with E-state index in [1.54, 1.807) is 0 Å². The van der Waals surface area contributed by atoms with E-state index in [9.17, 15) is 9.90 Å². The normalized spacial score (nSPS) is 30.7. The van der Waals surface area contributed by atoms with Crippen LogP contribution in [0.2, 0.25) is 0 Å². The van der Waals surface area contributed by atoms with Gasteiger partial charge in [-0.25, -0.2) is 0 Å². The zero-order valence-corrected chi connectivity index (χ0v) is 12.4. The quantitative estimate of drug-likeness (QED) is 0.721. The van der Waals surface area contributed by atoms with Gasteiger partial charge < -0.3 is 15.7 Å². The maximum Gasteiger partial charge on any atom is 0.220 e. The monoisotopic (exact) mass is 290 g/mol. The Bertz CT molecular complexity index is 270. The van der Waals surface area contributed by atoms with Gasteiger partial charge in [0.1, 0.15) is 0 Å². The molecule has 3 N–H and O–H groups in total. The van der Waals surface area contributed by atoms with Gasteiger partial charge >= 0.3 is 0 Å². The van der Waals surface area contributed by atoms with Crippen molar-refractivity contribution in [3.63, 3.8) is 0 Å². The van der Waals surface area contributed by atoms with Gasteiger partial charge in [-0.15, -0.1) is 12.4 Å². The summed E-state index contributed by atoms with van der Waals surface area (Å²) in [6, 6.07) is 0.538. The summed E-state index contributed by atoms with van der Waals surface area (Å²) in [4.78, 5) is 11.7. The highest BCUT2D eigenvalue weighted by Crippen LogP contribution is 2.23. The fourth-order valence-electron chi connectivity index (χ4n) is 3.07. The van der Waals surface area contributed by atoms with Crippen LogP contribution in [0.15, 0.2) is 0 Å². The average molecular weight is 291 g/mol. The van der Waals surface area contributed by atoms with Crippen LogP contribution in [0, 0.1) is 5.92 Å². The van der Waals surface area contributed by atoms with Gasteiger partial charge in [0.05, 0.1) is 6.10 Å². The van der Waals surface area contributed by atoms with Crippen molar-refractivity contribution in [3.05, 3.63) is 0 Å². The summed E-state index contributed by atoms with van der Waals surface area (Å²) < 4.78 is 0. The van der Waals surface area contributed by atoms with Gasteiger partial charge in [0.15, 0.2) is 0 Å². The molecule has 1 aliphatic carbocycles. The molecule has 1 aliphatic heterocycles. The summed E-state index contributed by atoms with van der Waals surface area (Å²) in [5.41, 5.74) is 0. The molecule has 112 valence electrons. The largest absolute Gasteiger partial charge is 0.393 e. The molecule has 0 radical (unpaired) electrons. The van der Waals surface area contributed by atoms with Crippen LogP contribution < -0.4 is 10.6 Å². The van der Waals surface area contributed by atoms with Gasteiger partial charge in [-0.3, -0.25) is 4.79 Å². The molecule has 19 heavy (non-hydrogen) atoms. The van der Waals surface area contributed by atoms with E-state index in [0.29, 0.717) is 19.0 Å². The number of nitrogens with one attached hydrogen (secondary N) is 2. The number of halogens is 1. The van der Waals surface area contributed by atoms with Crippen LogP contribution in [0.1, 0.15) is 51.4 Å². The van der Waals surface area contributed by atoms with Crippen molar-refractivity contribution in [3.8, 4) is 0 Å². The Balaban J connectivity index is 0.00000180. The van der Waals surface area contributed by atoms with Gasteiger partial charge in [-0.2, -0.15) is 0 Å². The number of rotatable bonds is 5. The van der Waals surface area contributed by atoms with Crippen LogP contribution >= 0.6 is 12.4 Å². The van der Waals surface area contributed by atoms with E-state index in [0.717, 1.165) is 32.2 Å². The number of amides is 1. The van der Waals surface area contributed by atoms with Gasteiger partial charge in [0, 0.05) is 24.9 Å². The van der Waals surface area contributed by atoms with E-state index in [1.807, 2.05) is 0 Å². The van der Waals surface area contributed by atoms with Crippen molar-refractivity contribution in [1.29, 1.82) is 0 Å². The Morgan fingerprint density at radius 2 is 2.00 bits per heavy atom. The first-order valence-electron chi connectivity index (χ1n) is 7.44. The molecule has 0 aromatic carbocycles. The minimum Gasteiger partial charge on any atom is -0.393 e. The molecular formula is C14H27ClN2O2. The number of aliphatic hydroxyl groups excluding tert-OH is 1. The van der Waals surface area contributed by atoms with E-state index in [4.69, 9.17) is 0 Å². The summed E-state index contributed by atoms with van der Waals surface area (Å²) in [7, 11) is 0. The molecule has 2 aliphatic rings. The van der Waals surface area contributed by atoms with Crippen molar-refractivity contribution in [2.45, 2.75) is 63.5 Å². The zero-order chi connectivity index (χ0) is 12.8. The molecule has 1 amide bonds. The third-order valence-electron chi connectivity index (χ3n) is 4.31. The zero-order valence-electron chi connectivity index (χ0n) is 11.6. The minimum absolute atomic E-state index is 0. The Labute approximate surface area is 122 Å². The van der Waals surface area contributed by atoms with Crippen molar-refractivity contribution >= 4 is 18.3 Å². The Morgan fingerprint density at radius 3 is 2.68 bits per heavy atom. The average Bonchev–Trinajstić information content (AvgIpc) is 2.88. The fraction of sp³-hybridized carbons (Fsp3) is 0.929. The molecule has 3 atom stereocenters. The van der Waals surface area contributed by atoms with Crippen LogP contribution in [0.5, 0.6) is 0 Å². The lowest BCUT2D eigenvalue weighted by molar-refractivity contribution is -0.121. The van der Waals surface area contributed by atoms with Crippen molar-refractivity contribution in [2.75, 3.05) is 13.1 Å². The third kappa shape index (κ3) is 5.67. The van der Waals surface area contributed by atoms with Crippen LogP contribution in [-0.2, 0) is 4.79 Å². The first-order chi connectivity index (χ1) is 8.75. The molecular weight excluding hydrogens is 264 g/mol. The third-order valence-corrected chi connectivity index (χ3v) is 4.31. The van der Waals surface area contributed by atoms with Crippen LogP contribution in [0.3, 0.4) is 0 Å². The summed E-state index contributed by atoms with van der Waals surface area (Å²) in [6.45, 7) is 1.75. The van der Waals surface area contributed by atoms with E-state index in [-0.39, 0.29) is 30.3 Å². The molecule has 0 aromatic heterocycles. The Hall–Kier alpha value is -0.320. The van der Waals surface area contributed by atoms with Gasteiger partial charge in [0.25, 0.3) is 0 Å². The van der Waals surface area contributed by atoms with Gasteiger partial charge in [0.2, 0.25) is 5.91 Å². The van der Waals surface area contributed by atoms with E-state index < -0.39 is 0 Å². The second-order valence-corrected chi connectivity index (χ2v) is 5.75. The van der Waals surface area contributed by atoms with Crippen LogP contribution in [0.25, 0.3) is 0 Å². The number of hydrogen-bond donors (Lipinski definition) is 3. The molecule has 2 fully saturated rings. The van der Waals surface area contributed by atoms with Crippen LogP contribution in [0.4, 0.5) is 0 Å². The summed E-state index contributed by atoms with van der Waals surface area (Å²) in [5.74, 6) is 0.411. The summed E-state index contributed by atoms with van der Waals surface area (Å²) >= 11 is 0. The van der Waals surface area contributed by atoms with E-state index in [2.05, 4.69) is 10.6 Å². The highest BCUT2D eigenvalue weighted by molar-refractivity contribution is 5.85. The summed E-state index contributed by atoms with van der Waals surface area (Å²) in [5, 5.41) is 16.2. The Morgan fingerprint density at radius 1 is 1.21 bits per heavy atom. The SMILES string of the molecule is Cl.O=C(CCC1CCCN1)NCC1CCCCC1O. The predicted octanol–water partition coefficient (Wildman–Crippen LogP) is 1.61. The highest BCUT2D eigenvalue weighted by atomic mass is 35.5. The summed E-state index contributed by atoms with van der Waals surface area (Å²) in [6.07, 6.45) is 8.03. The molecule has 3 unspecified atom stereocenters. The Kier molecular flexibility index (Phi) is 7.73. The predicted molar refractivity (Wildman–Crippen MR) is 78.5 cm³/mol. The molecule has 0 aromatic rings. The van der Waals surface area contributed by atoms with E-state index >= 15 is 0 Å². The van der Waals surface area contributed by atoms with Gasteiger partial charge in [-0.05, 0) is 38.6 Å². The smallest absolute Gasteiger partial charge is 0.220 e. The minimum atomic E-state index is -0.212. The van der Waals surface area contributed by atoms with Crippen LogP contribution in [-0.4, -0.2) is 36.2 Å². The van der Waals surface area contributed by atoms with Crippen molar-refractivity contribution in [1.82, 2.24) is 10.6 Å². The molecule has 0 bridgehead atoms. The lowest BCUT2D eigenvalue weighted by atomic mass is 9.86. The molecule has 1 heterocycles. The van der Waals surface area contributed by atoms with E-state index in [1.165, 1.54) is 19.3 Å². The first-order valence-corrected chi connectivity index (χ1v) is 7.44. The molecule has 1 saturated carbocycles. The molecule has 2 rings (SSSR count). The fourth-order valence-corrected chi connectivity index (χ4v) is 3.07. The van der Waals surface area contributed by atoms with Crippen molar-refractivity contribution < 1.29 is 9.90 Å². The highest BCUT2D eigenvalue weighted by Gasteiger charge is 2.23. The number of aliphatic hydroxyl groups is 1. The lowest BCUT2D eigenvalue weighted by Gasteiger charge is -2.27. The lowest BCUT2D eigenvalue weighted by Crippen LogP contribution is -2.37. The van der Waals surface area contributed by atoms with Crippen molar-refractivity contribution in [2.24, 2.45) is 5.92 Å². The second-order valence-electron chi connectivity index (χ2n) is 5.75. The van der Waals surface area contributed by atoms with Gasteiger partial charge in [-0.1, -0.05) is 12.8 Å². The molecule has 5 heteroatoms.